The Labute approximate surface area is 268 Å². The molecular weight excluding hydrogens is 556 g/mol. The highest BCUT2D eigenvalue weighted by atomic mass is 16.3. The molecule has 1 aromatic carbocycles. The highest BCUT2D eigenvalue weighted by Crippen LogP contribution is 2.78. The Kier molecular flexibility index (Phi) is 6.23. The zero-order valence-corrected chi connectivity index (χ0v) is 27.4. The van der Waals surface area contributed by atoms with Crippen LogP contribution in [0.1, 0.15) is 102 Å². The fraction of sp³-hybridized carbons (Fsp3) is 0.675. The van der Waals surface area contributed by atoms with E-state index in [1.54, 1.807) is 0 Å². The highest BCUT2D eigenvalue weighted by Gasteiger charge is 2.74. The van der Waals surface area contributed by atoms with E-state index in [9.17, 15) is 15.0 Å². The van der Waals surface area contributed by atoms with Crippen molar-refractivity contribution in [2.45, 2.75) is 116 Å². The lowest BCUT2D eigenvalue weighted by atomic mass is 9.32. The van der Waals surface area contributed by atoms with E-state index >= 15 is 0 Å². The third-order valence-electron chi connectivity index (χ3n) is 15.4. The average molecular weight is 609 g/mol. The van der Waals surface area contributed by atoms with Gasteiger partial charge >= 0.3 is 0 Å². The summed E-state index contributed by atoms with van der Waals surface area (Å²) in [5.41, 5.74) is 3.52. The van der Waals surface area contributed by atoms with Gasteiger partial charge in [0.2, 0.25) is 0 Å². The molecule has 5 heteroatoms. The van der Waals surface area contributed by atoms with Gasteiger partial charge in [0.15, 0.2) is 5.78 Å². The van der Waals surface area contributed by atoms with E-state index in [0.717, 1.165) is 95.7 Å². The fourth-order valence-corrected chi connectivity index (χ4v) is 13.0. The molecule has 2 aromatic rings. The number of aromatic nitrogens is 1. The van der Waals surface area contributed by atoms with Crippen LogP contribution in [0.15, 0.2) is 48.1 Å². The Morgan fingerprint density at radius 1 is 0.956 bits per heavy atom. The van der Waals surface area contributed by atoms with Crippen LogP contribution in [-0.4, -0.2) is 50.7 Å². The van der Waals surface area contributed by atoms with Crippen LogP contribution in [0, 0.1) is 39.4 Å². The monoisotopic (exact) mass is 608 g/mol. The third kappa shape index (κ3) is 3.70. The lowest BCUT2D eigenvalue weighted by molar-refractivity contribution is -0.180. The van der Waals surface area contributed by atoms with Crippen molar-refractivity contribution < 1.29 is 15.0 Å². The lowest BCUT2D eigenvalue weighted by Gasteiger charge is -2.71. The molecule has 0 saturated heterocycles. The SMILES string of the molecule is CC12CCC(O)CC13C=CC1(C(C(=O)C4CCCCC4)=C3)C2CCC2(C)C1CCC2(O)CN1CCc2c([nH]c3ccccc23)C1. The Hall–Kier alpha value is -2.21. The molecule has 5 nitrogen and oxygen atoms in total. The van der Waals surface area contributed by atoms with Crippen molar-refractivity contribution in [1.29, 1.82) is 0 Å². The smallest absolute Gasteiger partial charge is 0.162 e. The second-order valence-electron chi connectivity index (χ2n) is 17.1. The largest absolute Gasteiger partial charge is 0.393 e. The van der Waals surface area contributed by atoms with Gasteiger partial charge in [-0.15, -0.1) is 0 Å². The Morgan fingerprint density at radius 3 is 2.56 bits per heavy atom. The quantitative estimate of drug-likeness (QED) is 0.319. The van der Waals surface area contributed by atoms with E-state index in [0.29, 0.717) is 18.2 Å². The molecule has 3 N–H and O–H groups in total. The molecule has 7 aliphatic carbocycles. The van der Waals surface area contributed by atoms with E-state index in [1.807, 2.05) is 0 Å². The van der Waals surface area contributed by atoms with Gasteiger partial charge < -0.3 is 15.2 Å². The number of para-hydroxylation sites is 1. The standard InChI is InChI=1S/C40H52N2O3/c1-36-16-12-27(43)22-38(36)19-20-40(30(23-38)35(44)26-8-4-3-5-9-26)33(36)13-17-37(2)34(40)14-18-39(37,45)25-42-21-15-29-28-10-6-7-11-31(28)41-32(29)24-42/h6-7,10-11,19-20,23,26-27,33-34,41,43,45H,3-5,8-9,12-18,21-22,24-25H2,1-2H3. The minimum absolute atomic E-state index is 0.0399. The van der Waals surface area contributed by atoms with E-state index in [2.05, 4.69) is 66.2 Å². The first kappa shape index (κ1) is 29.0. The lowest BCUT2D eigenvalue weighted by Crippen LogP contribution is -2.67. The molecule has 2 heterocycles. The summed E-state index contributed by atoms with van der Waals surface area (Å²) in [6, 6.07) is 8.65. The number of aliphatic hydroxyl groups excluding tert-OH is 1. The predicted molar refractivity (Wildman–Crippen MR) is 177 cm³/mol. The number of β-amino-alcohol motifs (C(OH)–C–C–N with tert-alkyl or cyclic N) is 1. The summed E-state index contributed by atoms with van der Waals surface area (Å²) in [7, 11) is 0. The average Bonchev–Trinajstić information content (AvgIpc) is 3.54. The predicted octanol–water partition coefficient (Wildman–Crippen LogP) is 7.27. The van der Waals surface area contributed by atoms with Crippen molar-refractivity contribution in [1.82, 2.24) is 9.88 Å². The van der Waals surface area contributed by atoms with Crippen LogP contribution < -0.4 is 0 Å². The number of carbonyl (C=O) groups excluding carboxylic acids is 1. The maximum atomic E-state index is 14.8. The number of H-pyrrole nitrogens is 1. The summed E-state index contributed by atoms with van der Waals surface area (Å²) >= 11 is 0. The number of fused-ring (bicyclic) bond motifs is 4. The van der Waals surface area contributed by atoms with E-state index in [4.69, 9.17) is 0 Å². The van der Waals surface area contributed by atoms with Crippen molar-refractivity contribution in [3.8, 4) is 0 Å². The van der Waals surface area contributed by atoms with Crippen molar-refractivity contribution in [3.05, 3.63) is 59.3 Å². The topological polar surface area (TPSA) is 76.6 Å². The Morgan fingerprint density at radius 2 is 1.71 bits per heavy atom. The van der Waals surface area contributed by atoms with Gasteiger partial charge in [-0.25, -0.2) is 0 Å². The van der Waals surface area contributed by atoms with E-state index in [1.165, 1.54) is 28.6 Å². The number of aliphatic hydroxyl groups is 2. The normalized spacial score (nSPS) is 44.3. The number of rotatable bonds is 4. The summed E-state index contributed by atoms with van der Waals surface area (Å²) < 4.78 is 0. The molecule has 8 unspecified atom stereocenters. The molecule has 240 valence electrons. The van der Waals surface area contributed by atoms with Gasteiger partial charge in [0, 0.05) is 64.0 Å². The molecule has 4 saturated carbocycles. The maximum absolute atomic E-state index is 14.8. The molecule has 0 amide bonds. The molecule has 8 aliphatic rings. The molecule has 1 aromatic heterocycles. The summed E-state index contributed by atoms with van der Waals surface area (Å²) in [5, 5.41) is 25.2. The zero-order valence-electron chi connectivity index (χ0n) is 27.4. The summed E-state index contributed by atoms with van der Waals surface area (Å²) in [4.78, 5) is 21.0. The molecule has 8 atom stereocenters. The molecule has 2 spiro atoms. The van der Waals surface area contributed by atoms with Crippen LogP contribution >= 0.6 is 0 Å². The second kappa shape index (κ2) is 9.67. The molecule has 45 heavy (non-hydrogen) atoms. The van der Waals surface area contributed by atoms with Gasteiger partial charge in [-0.2, -0.15) is 0 Å². The number of aromatic amines is 1. The van der Waals surface area contributed by atoms with Crippen molar-refractivity contribution in [3.63, 3.8) is 0 Å². The van der Waals surface area contributed by atoms with Crippen LogP contribution in [0.25, 0.3) is 10.9 Å². The minimum atomic E-state index is -0.788. The van der Waals surface area contributed by atoms with Crippen molar-refractivity contribution in [2.24, 2.45) is 39.4 Å². The van der Waals surface area contributed by atoms with Gasteiger partial charge in [-0.1, -0.05) is 69.5 Å². The third-order valence-corrected chi connectivity index (χ3v) is 15.4. The second-order valence-corrected chi connectivity index (χ2v) is 17.1. The first-order valence-corrected chi connectivity index (χ1v) is 18.3. The van der Waals surface area contributed by atoms with E-state index in [-0.39, 0.29) is 39.6 Å². The van der Waals surface area contributed by atoms with Crippen LogP contribution in [0.3, 0.4) is 0 Å². The van der Waals surface area contributed by atoms with Crippen LogP contribution in [-0.2, 0) is 17.8 Å². The summed E-state index contributed by atoms with van der Waals surface area (Å²) in [6.45, 7) is 7.42. The fourth-order valence-electron chi connectivity index (χ4n) is 13.0. The van der Waals surface area contributed by atoms with Crippen molar-refractivity contribution in [2.75, 3.05) is 13.1 Å². The number of carbonyl (C=O) groups is 1. The zero-order chi connectivity index (χ0) is 30.8. The maximum Gasteiger partial charge on any atom is 0.162 e. The number of hydrogen-bond donors (Lipinski definition) is 3. The molecule has 2 bridgehead atoms. The Balaban J connectivity index is 1.08. The summed E-state index contributed by atoms with van der Waals surface area (Å²) in [6.07, 6.45) is 20.1. The molecule has 10 rings (SSSR count). The van der Waals surface area contributed by atoms with Crippen LogP contribution in [0.2, 0.25) is 0 Å². The van der Waals surface area contributed by atoms with Gasteiger partial charge in [-0.05, 0) is 93.1 Å². The van der Waals surface area contributed by atoms with Gasteiger partial charge in [-0.3, -0.25) is 9.69 Å². The van der Waals surface area contributed by atoms with Gasteiger partial charge in [0.1, 0.15) is 0 Å². The number of Topliss-reactive ketones (excluding diaryl/α,β-unsaturated/α-hetero) is 1. The highest BCUT2D eigenvalue weighted by molar-refractivity contribution is 6.00. The molecular formula is C40H52N2O3. The van der Waals surface area contributed by atoms with Crippen LogP contribution in [0.4, 0.5) is 0 Å². The van der Waals surface area contributed by atoms with Crippen molar-refractivity contribution >= 4 is 16.7 Å². The van der Waals surface area contributed by atoms with Gasteiger partial charge in [0.25, 0.3) is 0 Å². The Bertz CT molecular complexity index is 1620. The number of benzene rings is 1. The molecule has 1 aliphatic heterocycles. The number of allylic oxidation sites excluding steroid dienone is 4. The van der Waals surface area contributed by atoms with Crippen LogP contribution in [0.5, 0.6) is 0 Å². The van der Waals surface area contributed by atoms with Gasteiger partial charge in [0.05, 0.1) is 11.7 Å². The minimum Gasteiger partial charge on any atom is -0.393 e. The molecule has 4 fully saturated rings. The number of hydrogen-bond acceptors (Lipinski definition) is 4. The number of nitrogens with one attached hydrogen (secondary N) is 1. The number of ketones is 1. The first-order chi connectivity index (χ1) is 21.6. The number of nitrogens with zero attached hydrogens (tertiary/aromatic N) is 1. The molecule has 0 radical (unpaired) electrons. The van der Waals surface area contributed by atoms with E-state index < -0.39 is 5.60 Å². The first-order valence-electron chi connectivity index (χ1n) is 18.3. The summed E-state index contributed by atoms with van der Waals surface area (Å²) in [5.74, 6) is 1.18.